The van der Waals surface area contributed by atoms with Gasteiger partial charge in [0.05, 0.1) is 13.4 Å². The van der Waals surface area contributed by atoms with Crippen molar-refractivity contribution >= 4 is 5.82 Å². The van der Waals surface area contributed by atoms with Crippen LogP contribution in [0.4, 0.5) is 5.82 Å². The summed E-state index contributed by atoms with van der Waals surface area (Å²) in [5.41, 5.74) is 0. The molecule has 0 unspecified atom stereocenters. The van der Waals surface area contributed by atoms with E-state index in [9.17, 15) is 0 Å². The van der Waals surface area contributed by atoms with Crippen molar-refractivity contribution in [2.45, 2.75) is 31.7 Å². The predicted octanol–water partition coefficient (Wildman–Crippen LogP) is 2.06. The Bertz CT molecular complexity index is 551. The Labute approximate surface area is 118 Å². The quantitative estimate of drug-likeness (QED) is 0.782. The highest BCUT2D eigenvalue weighted by Crippen LogP contribution is 2.39. The van der Waals surface area contributed by atoms with Crippen molar-refractivity contribution < 1.29 is 4.74 Å². The van der Waals surface area contributed by atoms with Gasteiger partial charge < -0.3 is 14.6 Å². The van der Waals surface area contributed by atoms with Crippen LogP contribution in [0, 0.1) is 0 Å². The van der Waals surface area contributed by atoms with Crippen LogP contribution >= 0.6 is 0 Å². The maximum absolute atomic E-state index is 5.24. The van der Waals surface area contributed by atoms with Crippen LogP contribution in [0.15, 0.2) is 24.8 Å². The minimum absolute atomic E-state index is 0.525. The van der Waals surface area contributed by atoms with Crippen LogP contribution in [0.5, 0.6) is 5.88 Å². The van der Waals surface area contributed by atoms with Gasteiger partial charge in [0.2, 0.25) is 5.88 Å². The lowest BCUT2D eigenvalue weighted by molar-refractivity contribution is 0.395. The largest absolute Gasteiger partial charge is 0.481 e. The van der Waals surface area contributed by atoms with E-state index in [1.807, 2.05) is 18.6 Å². The average molecular weight is 273 g/mol. The van der Waals surface area contributed by atoms with E-state index in [1.54, 1.807) is 13.3 Å². The van der Waals surface area contributed by atoms with Gasteiger partial charge >= 0.3 is 0 Å². The van der Waals surface area contributed by atoms with Crippen LogP contribution < -0.4 is 10.1 Å². The molecular weight excluding hydrogens is 254 g/mol. The van der Waals surface area contributed by atoms with E-state index >= 15 is 0 Å². The zero-order valence-corrected chi connectivity index (χ0v) is 11.6. The molecule has 0 spiro atoms. The van der Waals surface area contributed by atoms with Crippen molar-refractivity contribution in [2.24, 2.45) is 0 Å². The summed E-state index contributed by atoms with van der Waals surface area (Å²) in [6.07, 6.45) is 8.99. The third kappa shape index (κ3) is 3.26. The van der Waals surface area contributed by atoms with Gasteiger partial charge in [-0.3, -0.25) is 0 Å². The molecule has 0 saturated heterocycles. The smallest absolute Gasteiger partial charge is 0.218 e. The van der Waals surface area contributed by atoms with Gasteiger partial charge in [0.15, 0.2) is 0 Å². The molecular formula is C14H19N5O. The molecule has 1 N–H and O–H groups in total. The standard InChI is InChI=1S/C14H19N5O/c1-20-13-9-12(17-14(18-13)11-3-4-11)16-5-2-7-19-8-6-15-10-19/h6,8-11H,2-5,7H2,1H3,(H,16,17,18). The number of hydrogen-bond donors (Lipinski definition) is 1. The fraction of sp³-hybridized carbons (Fsp3) is 0.500. The van der Waals surface area contributed by atoms with Crippen molar-refractivity contribution in [1.82, 2.24) is 19.5 Å². The van der Waals surface area contributed by atoms with Gasteiger partial charge in [-0.05, 0) is 19.3 Å². The number of methoxy groups -OCH3 is 1. The van der Waals surface area contributed by atoms with Crippen LogP contribution in [-0.4, -0.2) is 33.2 Å². The molecule has 2 aromatic rings. The summed E-state index contributed by atoms with van der Waals surface area (Å²) in [6, 6.07) is 1.85. The lowest BCUT2D eigenvalue weighted by atomic mass is 10.3. The highest BCUT2D eigenvalue weighted by Gasteiger charge is 2.27. The van der Waals surface area contributed by atoms with Crippen molar-refractivity contribution in [3.63, 3.8) is 0 Å². The van der Waals surface area contributed by atoms with E-state index in [2.05, 4.69) is 24.8 Å². The van der Waals surface area contributed by atoms with Gasteiger partial charge in [0.1, 0.15) is 11.6 Å². The van der Waals surface area contributed by atoms with Crippen LogP contribution in [0.2, 0.25) is 0 Å². The van der Waals surface area contributed by atoms with Gasteiger partial charge in [-0.15, -0.1) is 0 Å². The van der Waals surface area contributed by atoms with Crippen molar-refractivity contribution in [3.8, 4) is 5.88 Å². The van der Waals surface area contributed by atoms with Gasteiger partial charge in [0.25, 0.3) is 0 Å². The Morgan fingerprint density at radius 3 is 3.00 bits per heavy atom. The van der Waals surface area contributed by atoms with Crippen LogP contribution in [0.3, 0.4) is 0 Å². The lowest BCUT2D eigenvalue weighted by Crippen LogP contribution is -2.08. The summed E-state index contributed by atoms with van der Waals surface area (Å²) in [4.78, 5) is 13.0. The molecule has 0 amide bonds. The topological polar surface area (TPSA) is 64.9 Å². The molecule has 0 bridgehead atoms. The summed E-state index contributed by atoms with van der Waals surface area (Å²) in [6.45, 7) is 1.81. The Hall–Kier alpha value is -2.11. The molecule has 0 aliphatic heterocycles. The summed E-state index contributed by atoms with van der Waals surface area (Å²) in [7, 11) is 1.64. The zero-order chi connectivity index (χ0) is 13.8. The molecule has 1 saturated carbocycles. The van der Waals surface area contributed by atoms with E-state index in [-0.39, 0.29) is 0 Å². The minimum atomic E-state index is 0.525. The average Bonchev–Trinajstić information content (AvgIpc) is 3.21. The van der Waals surface area contributed by atoms with Crippen LogP contribution in [-0.2, 0) is 6.54 Å². The molecule has 6 heteroatoms. The zero-order valence-electron chi connectivity index (χ0n) is 11.6. The van der Waals surface area contributed by atoms with Crippen molar-refractivity contribution in [3.05, 3.63) is 30.6 Å². The molecule has 1 fully saturated rings. The number of nitrogens with zero attached hydrogens (tertiary/aromatic N) is 4. The highest BCUT2D eigenvalue weighted by atomic mass is 16.5. The first-order valence-electron chi connectivity index (χ1n) is 6.98. The highest BCUT2D eigenvalue weighted by molar-refractivity contribution is 5.39. The molecule has 6 nitrogen and oxygen atoms in total. The summed E-state index contributed by atoms with van der Waals surface area (Å²) in [5, 5.41) is 3.34. The number of aryl methyl sites for hydroxylation is 1. The van der Waals surface area contributed by atoms with E-state index in [4.69, 9.17) is 4.74 Å². The van der Waals surface area contributed by atoms with Crippen LogP contribution in [0.25, 0.3) is 0 Å². The minimum Gasteiger partial charge on any atom is -0.481 e. The number of rotatable bonds is 7. The summed E-state index contributed by atoms with van der Waals surface area (Å²) < 4.78 is 7.30. The van der Waals surface area contributed by atoms with Gasteiger partial charge in [-0.2, -0.15) is 4.98 Å². The molecule has 1 aliphatic rings. The monoisotopic (exact) mass is 273 g/mol. The van der Waals surface area contributed by atoms with E-state index < -0.39 is 0 Å². The van der Waals surface area contributed by atoms with Crippen molar-refractivity contribution in [1.29, 1.82) is 0 Å². The number of anilines is 1. The fourth-order valence-corrected chi connectivity index (χ4v) is 2.06. The predicted molar refractivity (Wildman–Crippen MR) is 75.9 cm³/mol. The fourth-order valence-electron chi connectivity index (χ4n) is 2.06. The van der Waals surface area contributed by atoms with Crippen LogP contribution in [0.1, 0.15) is 31.0 Å². The Kier molecular flexibility index (Phi) is 3.80. The molecule has 0 radical (unpaired) electrons. The van der Waals surface area contributed by atoms with Crippen molar-refractivity contribution in [2.75, 3.05) is 19.0 Å². The molecule has 3 rings (SSSR count). The first-order valence-corrected chi connectivity index (χ1v) is 6.98. The molecule has 2 aromatic heterocycles. The summed E-state index contributed by atoms with van der Waals surface area (Å²) >= 11 is 0. The first-order chi connectivity index (χ1) is 9.85. The SMILES string of the molecule is COc1cc(NCCCn2ccnc2)nc(C2CC2)n1. The number of aromatic nitrogens is 4. The maximum atomic E-state index is 5.24. The Morgan fingerprint density at radius 1 is 1.40 bits per heavy atom. The summed E-state index contributed by atoms with van der Waals surface area (Å²) in [5.74, 6) is 2.92. The van der Waals surface area contributed by atoms with Gasteiger partial charge in [0, 0.05) is 37.5 Å². The van der Waals surface area contributed by atoms with Gasteiger partial charge in [-0.1, -0.05) is 0 Å². The second kappa shape index (κ2) is 5.90. The Balaban J connectivity index is 1.54. The third-order valence-electron chi connectivity index (χ3n) is 3.33. The number of imidazole rings is 1. The molecule has 0 aromatic carbocycles. The maximum Gasteiger partial charge on any atom is 0.218 e. The number of nitrogens with one attached hydrogen (secondary N) is 1. The van der Waals surface area contributed by atoms with E-state index in [0.717, 1.165) is 31.2 Å². The number of hydrogen-bond acceptors (Lipinski definition) is 5. The van der Waals surface area contributed by atoms with E-state index in [0.29, 0.717) is 11.8 Å². The second-order valence-corrected chi connectivity index (χ2v) is 5.01. The second-order valence-electron chi connectivity index (χ2n) is 5.01. The molecule has 20 heavy (non-hydrogen) atoms. The molecule has 1 aliphatic carbocycles. The molecule has 2 heterocycles. The Morgan fingerprint density at radius 2 is 2.30 bits per heavy atom. The molecule has 106 valence electrons. The first kappa shape index (κ1) is 12.9. The van der Waals surface area contributed by atoms with E-state index in [1.165, 1.54) is 12.8 Å². The normalized spacial score (nSPS) is 14.2. The lowest BCUT2D eigenvalue weighted by Gasteiger charge is -2.09. The van der Waals surface area contributed by atoms with Gasteiger partial charge in [-0.25, -0.2) is 9.97 Å². The molecule has 0 atom stereocenters. The number of ether oxygens (including phenoxy) is 1. The third-order valence-corrected chi connectivity index (χ3v) is 3.33.